The van der Waals surface area contributed by atoms with Gasteiger partial charge in [-0.25, -0.2) is 18.2 Å². The number of fused-ring (bicyclic) bond motifs is 2. The molecule has 1 atom stereocenters. The smallest absolute Gasteiger partial charge is 0.282 e. The van der Waals surface area contributed by atoms with Crippen LogP contribution in [0.1, 0.15) is 43.4 Å². The Morgan fingerprint density at radius 2 is 2.19 bits per heavy atom. The number of hydrogen-bond donors (Lipinski definition) is 1. The third kappa shape index (κ3) is 4.64. The number of nitrogens with one attached hydrogen (secondary N) is 1. The molecule has 0 bridgehead atoms. The number of hydrazine groups is 2. The number of aryl methyl sites for hydroxylation is 1. The minimum Gasteiger partial charge on any atom is -0.360 e. The number of carbonyl (C=O) groups excluding carboxylic acids is 1. The first kappa shape index (κ1) is 24.1. The first-order chi connectivity index (χ1) is 17.3. The van der Waals surface area contributed by atoms with E-state index in [1.165, 1.54) is 30.9 Å². The fourth-order valence-electron chi connectivity index (χ4n) is 4.67. The van der Waals surface area contributed by atoms with Crippen molar-refractivity contribution in [3.63, 3.8) is 0 Å². The molecule has 1 aliphatic carbocycles. The van der Waals surface area contributed by atoms with Gasteiger partial charge >= 0.3 is 0 Å². The molecule has 1 amide bonds. The lowest BCUT2D eigenvalue weighted by molar-refractivity contribution is -0.163. The van der Waals surface area contributed by atoms with E-state index in [0.717, 1.165) is 11.3 Å². The minimum absolute atomic E-state index is 0.0390. The molecule has 9 nitrogen and oxygen atoms in total. The number of halogens is 3. The number of carbonyl (C=O) groups is 1. The summed E-state index contributed by atoms with van der Waals surface area (Å²) in [4.78, 5) is 18.4. The minimum atomic E-state index is -2.80. The molecule has 1 aromatic rings. The summed E-state index contributed by atoms with van der Waals surface area (Å²) in [5.74, 6) is 4.56. The average molecular weight is 502 g/mol. The molecule has 0 spiro atoms. The van der Waals surface area contributed by atoms with Gasteiger partial charge in [-0.3, -0.25) is 19.9 Å². The molecule has 4 aliphatic rings. The Labute approximate surface area is 206 Å². The van der Waals surface area contributed by atoms with E-state index in [1.54, 1.807) is 16.1 Å². The summed E-state index contributed by atoms with van der Waals surface area (Å²) in [6, 6.07) is 0. The summed E-state index contributed by atoms with van der Waals surface area (Å²) < 4.78 is 49.4. The second kappa shape index (κ2) is 9.83. The van der Waals surface area contributed by atoms with E-state index in [0.29, 0.717) is 38.5 Å². The van der Waals surface area contributed by atoms with Gasteiger partial charge in [0.15, 0.2) is 0 Å². The molecule has 1 aromatic heterocycles. The fourth-order valence-corrected chi connectivity index (χ4v) is 4.67. The van der Waals surface area contributed by atoms with Crippen molar-refractivity contribution in [3.05, 3.63) is 52.4 Å². The highest BCUT2D eigenvalue weighted by Gasteiger charge is 2.36. The number of allylic oxidation sites excluding steroid dienone is 3. The van der Waals surface area contributed by atoms with Crippen LogP contribution in [0.15, 0.2) is 46.1 Å². The fraction of sp³-hybridized carbons (Fsp3) is 0.458. The third-order valence-corrected chi connectivity index (χ3v) is 6.42. The second-order valence-electron chi connectivity index (χ2n) is 8.80. The van der Waals surface area contributed by atoms with Gasteiger partial charge in [0.25, 0.3) is 6.43 Å². The normalized spacial score (nSPS) is 23.7. The summed E-state index contributed by atoms with van der Waals surface area (Å²) in [5, 5.41) is 7.67. The summed E-state index contributed by atoms with van der Waals surface area (Å²) in [6.45, 7) is 3.94. The summed E-state index contributed by atoms with van der Waals surface area (Å²) >= 11 is 0. The van der Waals surface area contributed by atoms with Crippen molar-refractivity contribution in [3.8, 4) is 11.8 Å². The topological polar surface area (TPSA) is 78.2 Å². The molecule has 0 radical (unpaired) electrons. The number of hydrogen-bond acceptors (Lipinski definition) is 6. The Balaban J connectivity index is 1.51. The summed E-state index contributed by atoms with van der Waals surface area (Å²) in [7, 11) is 1.53. The van der Waals surface area contributed by atoms with Crippen LogP contribution in [0.5, 0.6) is 0 Å². The molecule has 1 unspecified atom stereocenters. The number of ether oxygens (including phenoxy) is 1. The molecule has 12 heteroatoms. The Hall–Kier alpha value is -3.56. The Morgan fingerprint density at radius 1 is 1.36 bits per heavy atom. The zero-order chi connectivity index (χ0) is 25.4. The van der Waals surface area contributed by atoms with Crippen molar-refractivity contribution in [2.75, 3.05) is 33.0 Å². The molecule has 4 heterocycles. The van der Waals surface area contributed by atoms with Crippen LogP contribution in [0.3, 0.4) is 0 Å². The quantitative estimate of drug-likeness (QED) is 0.642. The Morgan fingerprint density at radius 3 is 2.97 bits per heavy atom. The number of aliphatic imine (C=N–C) groups is 1. The number of alkyl halides is 2. The van der Waals surface area contributed by atoms with E-state index in [1.807, 2.05) is 0 Å². The molecule has 190 valence electrons. The molecule has 36 heavy (non-hydrogen) atoms. The molecule has 5 rings (SSSR count). The lowest BCUT2D eigenvalue weighted by Gasteiger charge is -2.48. The van der Waals surface area contributed by atoms with Crippen LogP contribution >= 0.6 is 0 Å². The van der Waals surface area contributed by atoms with Gasteiger partial charge in [-0.05, 0) is 12.2 Å². The molecule has 3 aliphatic heterocycles. The van der Waals surface area contributed by atoms with E-state index in [2.05, 4.69) is 32.4 Å². The van der Waals surface area contributed by atoms with Crippen LogP contribution < -0.4 is 5.43 Å². The van der Waals surface area contributed by atoms with Gasteiger partial charge in [-0.1, -0.05) is 11.8 Å². The predicted molar refractivity (Wildman–Crippen MR) is 124 cm³/mol. The number of aromatic nitrogens is 2. The second-order valence-corrected chi connectivity index (χ2v) is 8.80. The van der Waals surface area contributed by atoms with Gasteiger partial charge in [0.1, 0.15) is 24.1 Å². The number of nitrogens with zero attached hydrogens (tertiary/aromatic N) is 6. The number of amides is 1. The predicted octanol–water partition coefficient (Wildman–Crippen LogP) is 2.52. The maximum atomic E-state index is 15.5. The molecular formula is C24H26F3N7O2. The van der Waals surface area contributed by atoms with Crippen molar-refractivity contribution < 1.29 is 22.7 Å². The molecule has 1 saturated heterocycles. The zero-order valence-electron chi connectivity index (χ0n) is 20.0. The van der Waals surface area contributed by atoms with Crippen LogP contribution in [0.25, 0.3) is 0 Å². The first-order valence-electron chi connectivity index (χ1n) is 11.7. The summed E-state index contributed by atoms with van der Waals surface area (Å²) in [5.41, 5.74) is 4.80. The SMILES string of the molecule is CC(=O)N1CCC2=C(C1)C(=NC1=CCC#CC(c3cn(C)nc3C(F)F)C=C1F)NN1COCCN21. The monoisotopic (exact) mass is 501 g/mol. The van der Waals surface area contributed by atoms with Crippen LogP contribution in [0.4, 0.5) is 13.2 Å². The lowest BCUT2D eigenvalue weighted by atomic mass is 9.97. The number of amidine groups is 1. The van der Waals surface area contributed by atoms with Crippen molar-refractivity contribution in [2.45, 2.75) is 32.1 Å². The Bertz CT molecular complexity index is 1250. The first-order valence-corrected chi connectivity index (χ1v) is 11.7. The molecule has 0 aromatic carbocycles. The van der Waals surface area contributed by atoms with E-state index in [9.17, 15) is 13.6 Å². The van der Waals surface area contributed by atoms with E-state index in [-0.39, 0.29) is 30.3 Å². The molecule has 1 fully saturated rings. The highest BCUT2D eigenvalue weighted by atomic mass is 19.3. The standard InChI is InChI=1S/C24H26F3N7O2/c1-15(35)32-8-7-21-18(13-32)24(30-34-14-36-10-9-33(21)34)28-20-6-4-3-5-16(11-19(20)25)17-12-31(2)29-22(17)23(26)27/h6,11-12,16,23H,4,7-10,13-14H2,1-2H3,(H,28,30). The lowest BCUT2D eigenvalue weighted by Crippen LogP contribution is -2.63. The highest BCUT2D eigenvalue weighted by Crippen LogP contribution is 2.32. The van der Waals surface area contributed by atoms with Gasteiger partial charge in [0.05, 0.1) is 31.3 Å². The van der Waals surface area contributed by atoms with Crippen LogP contribution in [-0.4, -0.2) is 69.5 Å². The summed E-state index contributed by atoms with van der Waals surface area (Å²) in [6.07, 6.45) is 2.22. The van der Waals surface area contributed by atoms with Crippen molar-refractivity contribution in [1.82, 2.24) is 30.2 Å². The van der Waals surface area contributed by atoms with Crippen molar-refractivity contribution >= 4 is 11.7 Å². The van der Waals surface area contributed by atoms with E-state index in [4.69, 9.17) is 4.74 Å². The molecule has 0 saturated carbocycles. The Kier molecular flexibility index (Phi) is 6.59. The van der Waals surface area contributed by atoms with Crippen LogP contribution in [0, 0.1) is 11.8 Å². The van der Waals surface area contributed by atoms with Gasteiger partial charge in [0.2, 0.25) is 5.91 Å². The maximum Gasteiger partial charge on any atom is 0.282 e. The molecule has 1 N–H and O–H groups in total. The van der Waals surface area contributed by atoms with Gasteiger partial charge in [0, 0.05) is 56.4 Å². The van der Waals surface area contributed by atoms with Crippen LogP contribution in [0.2, 0.25) is 0 Å². The number of rotatable bonds is 3. The largest absolute Gasteiger partial charge is 0.360 e. The average Bonchev–Trinajstić information content (AvgIpc) is 3.25. The van der Waals surface area contributed by atoms with Crippen molar-refractivity contribution in [2.24, 2.45) is 12.0 Å². The van der Waals surface area contributed by atoms with Crippen LogP contribution in [-0.2, 0) is 16.6 Å². The highest BCUT2D eigenvalue weighted by molar-refractivity contribution is 6.01. The zero-order valence-corrected chi connectivity index (χ0v) is 20.0. The van der Waals surface area contributed by atoms with Crippen molar-refractivity contribution in [1.29, 1.82) is 0 Å². The van der Waals surface area contributed by atoms with E-state index >= 15 is 4.39 Å². The van der Waals surface area contributed by atoms with E-state index < -0.39 is 23.9 Å². The van der Waals surface area contributed by atoms with Gasteiger partial charge in [-0.2, -0.15) is 5.10 Å². The van der Waals surface area contributed by atoms with Gasteiger partial charge in [-0.15, -0.1) is 5.12 Å². The third-order valence-electron chi connectivity index (χ3n) is 6.42. The van der Waals surface area contributed by atoms with Gasteiger partial charge < -0.3 is 9.64 Å². The maximum absolute atomic E-state index is 15.5. The molecular weight excluding hydrogens is 475 g/mol.